The van der Waals surface area contributed by atoms with Crippen molar-refractivity contribution in [2.45, 2.75) is 82.8 Å². The van der Waals surface area contributed by atoms with Crippen LogP contribution in [0.25, 0.3) is 0 Å². The Kier molecular flexibility index (Phi) is 8.15. The zero-order valence-corrected chi connectivity index (χ0v) is 24.5. The molecule has 1 amide bonds. The Bertz CT molecular complexity index is 1300. The Hall–Kier alpha value is -3.20. The molecule has 3 fully saturated rings. The fourth-order valence-corrected chi connectivity index (χ4v) is 7.27. The summed E-state index contributed by atoms with van der Waals surface area (Å²) >= 11 is 0. The molecule has 220 valence electrons. The minimum Gasteiger partial charge on any atom is -0.462 e. The van der Waals surface area contributed by atoms with Crippen LogP contribution >= 0.6 is 0 Å². The molecule has 8 nitrogen and oxygen atoms in total. The molecular weight excluding hydrogens is 519 g/mol. The van der Waals surface area contributed by atoms with Gasteiger partial charge in [0.25, 0.3) is 0 Å². The highest BCUT2D eigenvalue weighted by molar-refractivity contribution is 5.88. The average Bonchev–Trinajstić information content (AvgIpc) is 3.55. The number of nitrogens with one attached hydrogen (secondary N) is 1. The van der Waals surface area contributed by atoms with Crippen LogP contribution in [0.5, 0.6) is 6.01 Å². The zero-order chi connectivity index (χ0) is 28.5. The fourth-order valence-electron chi connectivity index (χ4n) is 7.27. The number of fused-ring (bicyclic) bond motifs is 2. The number of hydrogen-bond donors (Lipinski definition) is 1. The first-order chi connectivity index (χ1) is 20.0. The molecule has 6 rings (SSSR count). The van der Waals surface area contributed by atoms with Crippen molar-refractivity contribution < 1.29 is 13.9 Å². The van der Waals surface area contributed by atoms with E-state index in [4.69, 9.17) is 14.7 Å². The van der Waals surface area contributed by atoms with Crippen molar-refractivity contribution in [1.82, 2.24) is 19.8 Å². The lowest BCUT2D eigenvalue weighted by molar-refractivity contribution is -0.127. The van der Waals surface area contributed by atoms with Gasteiger partial charge in [-0.3, -0.25) is 4.79 Å². The molecule has 0 bridgehead atoms. The summed E-state index contributed by atoms with van der Waals surface area (Å²) < 4.78 is 20.7. The summed E-state index contributed by atoms with van der Waals surface area (Å²) in [4.78, 5) is 29.0. The number of carbonyl (C=O) groups is 1. The summed E-state index contributed by atoms with van der Waals surface area (Å²) in [6.45, 7) is 9.71. The number of carbonyl (C=O) groups excluding carboxylic acids is 1. The fraction of sp³-hybridized carbons (Fsp3) is 0.594. The standard InChI is InChI=1S/C32H43FN6O2/c1-4-26-24(14-16-34-27-13-12-25(33)22-10-6-7-11-23(22)27)31(36-32(35-26)41-20-21-9-8-17-37(21)3)39-19-29-28(39)15-18-38(29)30(40)5-2/h5,12-13,21,28-29,34H,2,4,6-11,14-20H2,1,3H3/t21-,28+,29+/m0/s1. The number of anilines is 2. The van der Waals surface area contributed by atoms with E-state index >= 15 is 0 Å². The van der Waals surface area contributed by atoms with Gasteiger partial charge in [0.15, 0.2) is 0 Å². The number of amides is 1. The summed E-state index contributed by atoms with van der Waals surface area (Å²) in [5.41, 5.74) is 5.19. The molecule has 0 radical (unpaired) electrons. The molecule has 1 N–H and O–H groups in total. The molecule has 1 aromatic heterocycles. The molecule has 3 atom stereocenters. The minimum atomic E-state index is -0.0820. The van der Waals surface area contributed by atoms with Crippen molar-refractivity contribution >= 4 is 17.4 Å². The van der Waals surface area contributed by atoms with Crippen LogP contribution in [0.15, 0.2) is 24.8 Å². The van der Waals surface area contributed by atoms with Gasteiger partial charge in [-0.05, 0) is 101 Å². The van der Waals surface area contributed by atoms with Gasteiger partial charge in [-0.2, -0.15) is 9.97 Å². The Morgan fingerprint density at radius 2 is 1.98 bits per heavy atom. The average molecular weight is 563 g/mol. The predicted octanol–water partition coefficient (Wildman–Crippen LogP) is 4.16. The second-order valence-electron chi connectivity index (χ2n) is 11.9. The van der Waals surface area contributed by atoms with Gasteiger partial charge in [0.05, 0.1) is 17.8 Å². The number of hydrogen-bond acceptors (Lipinski definition) is 7. The van der Waals surface area contributed by atoms with Gasteiger partial charge in [-0.1, -0.05) is 13.5 Å². The number of aromatic nitrogens is 2. The van der Waals surface area contributed by atoms with Crippen molar-refractivity contribution in [2.24, 2.45) is 0 Å². The molecular formula is C32H43FN6O2. The number of benzene rings is 1. The van der Waals surface area contributed by atoms with Crippen molar-refractivity contribution in [2.75, 3.05) is 50.1 Å². The Morgan fingerprint density at radius 1 is 1.15 bits per heavy atom. The van der Waals surface area contributed by atoms with E-state index < -0.39 is 0 Å². The van der Waals surface area contributed by atoms with Crippen LogP contribution in [0.3, 0.4) is 0 Å². The summed E-state index contributed by atoms with van der Waals surface area (Å²) in [7, 11) is 2.15. The first-order valence-corrected chi connectivity index (χ1v) is 15.4. The van der Waals surface area contributed by atoms with Crippen molar-refractivity contribution in [3.05, 3.63) is 53.0 Å². The highest BCUT2D eigenvalue weighted by atomic mass is 19.1. The van der Waals surface area contributed by atoms with Crippen molar-refractivity contribution in [1.29, 1.82) is 0 Å². The molecule has 4 heterocycles. The highest BCUT2D eigenvalue weighted by Crippen LogP contribution is 2.39. The third-order valence-electron chi connectivity index (χ3n) is 9.65. The molecule has 2 aromatic rings. The van der Waals surface area contributed by atoms with E-state index in [1.165, 1.54) is 12.5 Å². The molecule has 41 heavy (non-hydrogen) atoms. The first kappa shape index (κ1) is 27.9. The lowest BCUT2D eigenvalue weighted by Gasteiger charge is -2.48. The Labute approximate surface area is 243 Å². The lowest BCUT2D eigenvalue weighted by atomic mass is 9.90. The van der Waals surface area contributed by atoms with Crippen LogP contribution in [0.1, 0.15) is 61.4 Å². The van der Waals surface area contributed by atoms with Gasteiger partial charge >= 0.3 is 6.01 Å². The lowest BCUT2D eigenvalue weighted by Crippen LogP contribution is -2.63. The molecule has 1 aliphatic carbocycles. The Morgan fingerprint density at radius 3 is 2.73 bits per heavy atom. The second-order valence-corrected chi connectivity index (χ2v) is 11.9. The van der Waals surface area contributed by atoms with E-state index in [0.29, 0.717) is 25.2 Å². The van der Waals surface area contributed by atoms with Crippen LogP contribution in [0.4, 0.5) is 15.9 Å². The largest absolute Gasteiger partial charge is 0.462 e. The number of halogens is 1. The number of likely N-dealkylation sites (N-methyl/N-ethyl adjacent to an activating group) is 1. The maximum absolute atomic E-state index is 14.5. The van der Waals surface area contributed by atoms with Gasteiger partial charge in [-0.25, -0.2) is 4.39 Å². The predicted molar refractivity (Wildman–Crippen MR) is 159 cm³/mol. The Balaban J connectivity index is 1.24. The van der Waals surface area contributed by atoms with Crippen LogP contribution < -0.4 is 15.0 Å². The smallest absolute Gasteiger partial charge is 0.318 e. The zero-order valence-electron chi connectivity index (χ0n) is 24.5. The molecule has 4 aliphatic rings. The van der Waals surface area contributed by atoms with Gasteiger partial charge in [0.1, 0.15) is 18.2 Å². The number of ether oxygens (including phenoxy) is 1. The van der Waals surface area contributed by atoms with E-state index in [2.05, 4.69) is 35.7 Å². The maximum Gasteiger partial charge on any atom is 0.318 e. The summed E-state index contributed by atoms with van der Waals surface area (Å²) in [6, 6.07) is 4.75. The molecule has 1 aromatic carbocycles. The van der Waals surface area contributed by atoms with Crippen LogP contribution in [0.2, 0.25) is 0 Å². The number of likely N-dealkylation sites (tertiary alicyclic amines) is 2. The second kappa shape index (κ2) is 12.0. The SMILES string of the molecule is C=CC(=O)N1CC[C@@H]2[C@H]1CN2c1nc(OC[C@@H]2CCCN2C)nc(CC)c1CCNc1ccc(F)c2c1CCCC2. The van der Waals surface area contributed by atoms with Crippen LogP contribution in [-0.2, 0) is 30.5 Å². The molecule has 3 saturated heterocycles. The third-order valence-corrected chi connectivity index (χ3v) is 9.65. The minimum absolute atomic E-state index is 0.00541. The van der Waals surface area contributed by atoms with Crippen molar-refractivity contribution in [3.63, 3.8) is 0 Å². The number of aryl methyl sites for hydroxylation is 1. The van der Waals surface area contributed by atoms with E-state index in [9.17, 15) is 9.18 Å². The monoisotopic (exact) mass is 562 g/mol. The van der Waals surface area contributed by atoms with E-state index in [-0.39, 0.29) is 23.8 Å². The summed E-state index contributed by atoms with van der Waals surface area (Å²) in [5, 5.41) is 3.62. The van der Waals surface area contributed by atoms with Gasteiger partial charge < -0.3 is 24.8 Å². The normalized spacial score (nSPS) is 23.6. The molecule has 0 saturated carbocycles. The van der Waals surface area contributed by atoms with Gasteiger partial charge in [0.2, 0.25) is 5.91 Å². The quantitative estimate of drug-likeness (QED) is 0.436. The van der Waals surface area contributed by atoms with Crippen molar-refractivity contribution in [3.8, 4) is 6.01 Å². The number of nitrogens with zero attached hydrogens (tertiary/aromatic N) is 5. The molecule has 3 aliphatic heterocycles. The van der Waals surface area contributed by atoms with Gasteiger partial charge in [-0.15, -0.1) is 0 Å². The topological polar surface area (TPSA) is 73.8 Å². The third kappa shape index (κ3) is 5.41. The molecule has 9 heteroatoms. The van der Waals surface area contributed by atoms with Crippen LogP contribution in [-0.4, -0.2) is 83.6 Å². The van der Waals surface area contributed by atoms with Gasteiger partial charge in [0, 0.05) is 36.9 Å². The van der Waals surface area contributed by atoms with E-state index in [0.717, 1.165) is 105 Å². The number of rotatable bonds is 10. The van der Waals surface area contributed by atoms with Crippen LogP contribution in [0, 0.1) is 5.82 Å². The van der Waals surface area contributed by atoms with E-state index in [1.54, 1.807) is 6.07 Å². The first-order valence-electron chi connectivity index (χ1n) is 15.4. The summed E-state index contributed by atoms with van der Waals surface area (Å²) in [5.74, 6) is 0.857. The molecule has 0 unspecified atom stereocenters. The van der Waals surface area contributed by atoms with E-state index in [1.807, 2.05) is 11.0 Å². The molecule has 0 spiro atoms. The summed E-state index contributed by atoms with van der Waals surface area (Å²) in [6.07, 6.45) is 10.1. The highest BCUT2D eigenvalue weighted by Gasteiger charge is 2.49. The maximum atomic E-state index is 14.5.